The molecule has 6 nitrogen and oxygen atoms in total. The van der Waals surface area contributed by atoms with Crippen molar-refractivity contribution in [2.24, 2.45) is 5.73 Å². The summed E-state index contributed by atoms with van der Waals surface area (Å²) in [5, 5.41) is 4.02. The van der Waals surface area contributed by atoms with Crippen LogP contribution in [0.1, 0.15) is 50.3 Å². The summed E-state index contributed by atoms with van der Waals surface area (Å²) in [5.74, 6) is 0.729. The van der Waals surface area contributed by atoms with Crippen molar-refractivity contribution in [3.63, 3.8) is 0 Å². The molecule has 146 valence electrons. The summed E-state index contributed by atoms with van der Waals surface area (Å²) in [7, 11) is 0. The predicted molar refractivity (Wildman–Crippen MR) is 101 cm³/mol. The number of nitrogens with zero attached hydrogens (tertiary/aromatic N) is 3. The maximum absolute atomic E-state index is 13.1. The van der Waals surface area contributed by atoms with Gasteiger partial charge in [-0.1, -0.05) is 18.0 Å². The van der Waals surface area contributed by atoms with Gasteiger partial charge in [0, 0.05) is 18.7 Å². The Labute approximate surface area is 163 Å². The first kappa shape index (κ1) is 19.8. The summed E-state index contributed by atoms with van der Waals surface area (Å²) in [5.41, 5.74) is 6.34. The van der Waals surface area contributed by atoms with Crippen molar-refractivity contribution in [2.75, 3.05) is 13.1 Å². The zero-order chi connectivity index (χ0) is 18.1. The molecule has 2 aromatic rings. The number of aromatic nitrogens is 2. The Kier molecular flexibility index (Phi) is 5.81. The van der Waals surface area contributed by atoms with Crippen molar-refractivity contribution in [2.45, 2.75) is 50.0 Å². The number of carbonyl (C=O) groups is 1. The summed E-state index contributed by atoms with van der Waals surface area (Å²) in [4.78, 5) is 19.2. The molecule has 27 heavy (non-hydrogen) atoms. The van der Waals surface area contributed by atoms with Gasteiger partial charge in [0.05, 0.1) is 11.5 Å². The van der Waals surface area contributed by atoms with E-state index < -0.39 is 5.54 Å². The number of likely N-dealkylation sites (tertiary alicyclic amines) is 1. The second-order valence-corrected chi connectivity index (χ2v) is 7.42. The Bertz CT molecular complexity index is 789. The summed E-state index contributed by atoms with van der Waals surface area (Å²) in [6, 6.07) is 5.99. The van der Waals surface area contributed by atoms with Gasteiger partial charge in [0.25, 0.3) is 0 Å². The number of benzene rings is 1. The summed E-state index contributed by atoms with van der Waals surface area (Å²) in [6.07, 6.45) is 5.35. The van der Waals surface area contributed by atoms with E-state index in [-0.39, 0.29) is 30.0 Å². The van der Waals surface area contributed by atoms with Crippen LogP contribution in [0.2, 0.25) is 0 Å². The number of carbonyl (C=O) groups excluding carboxylic acids is 1. The van der Waals surface area contributed by atoms with Gasteiger partial charge in [0.1, 0.15) is 5.82 Å². The summed E-state index contributed by atoms with van der Waals surface area (Å²) >= 11 is 0. The highest BCUT2D eigenvalue weighted by Gasteiger charge is 2.41. The number of piperidine rings is 1. The standard InChI is InChI=1S/C19H23FN4O2.ClH/c20-15-7-5-13(6-8-15)16-22-17(26-23-16)14-4-3-11-24(12-14)18(25)19(21)9-1-2-10-19;/h5-8,14H,1-4,9-12,21H2;1H. The van der Waals surface area contributed by atoms with Crippen LogP contribution in [0.25, 0.3) is 11.4 Å². The number of halogens is 2. The zero-order valence-corrected chi connectivity index (χ0v) is 15.9. The second-order valence-electron chi connectivity index (χ2n) is 7.42. The minimum atomic E-state index is -0.698. The molecule has 2 aliphatic rings. The quantitative estimate of drug-likeness (QED) is 0.863. The molecule has 1 saturated heterocycles. The lowest BCUT2D eigenvalue weighted by atomic mass is 9.92. The minimum absolute atomic E-state index is 0. The number of nitrogens with two attached hydrogens (primary N) is 1. The molecule has 0 radical (unpaired) electrons. The van der Waals surface area contributed by atoms with Crippen LogP contribution in [0.15, 0.2) is 28.8 Å². The molecule has 0 bridgehead atoms. The number of hydrogen-bond acceptors (Lipinski definition) is 5. The van der Waals surface area contributed by atoms with E-state index in [1.165, 1.54) is 12.1 Å². The van der Waals surface area contributed by atoms with Crippen molar-refractivity contribution < 1.29 is 13.7 Å². The van der Waals surface area contributed by atoms with Gasteiger partial charge in [-0.05, 0) is 49.9 Å². The first-order valence-electron chi connectivity index (χ1n) is 9.23. The third kappa shape index (κ3) is 3.99. The van der Waals surface area contributed by atoms with Crippen molar-refractivity contribution in [1.29, 1.82) is 0 Å². The van der Waals surface area contributed by atoms with Gasteiger partial charge < -0.3 is 15.2 Å². The van der Waals surface area contributed by atoms with Crippen LogP contribution < -0.4 is 5.73 Å². The van der Waals surface area contributed by atoms with Gasteiger partial charge in [0.15, 0.2) is 0 Å². The number of rotatable bonds is 3. The molecular weight excluding hydrogens is 371 g/mol. The van der Waals surface area contributed by atoms with Gasteiger partial charge in [-0.3, -0.25) is 4.79 Å². The highest BCUT2D eigenvalue weighted by atomic mass is 35.5. The van der Waals surface area contributed by atoms with Crippen molar-refractivity contribution >= 4 is 18.3 Å². The van der Waals surface area contributed by atoms with Crippen LogP contribution in [0.4, 0.5) is 4.39 Å². The molecule has 1 aliphatic carbocycles. The first-order chi connectivity index (χ1) is 12.5. The molecule has 1 saturated carbocycles. The highest BCUT2D eigenvalue weighted by molar-refractivity contribution is 5.86. The predicted octanol–water partition coefficient (Wildman–Crippen LogP) is 3.28. The molecule has 1 atom stereocenters. The Morgan fingerprint density at radius 1 is 1.22 bits per heavy atom. The smallest absolute Gasteiger partial charge is 0.242 e. The average Bonchev–Trinajstić information content (AvgIpc) is 3.32. The van der Waals surface area contributed by atoms with E-state index >= 15 is 0 Å². The molecule has 2 N–H and O–H groups in total. The molecule has 1 aromatic heterocycles. The number of hydrogen-bond donors (Lipinski definition) is 1. The minimum Gasteiger partial charge on any atom is -0.340 e. The molecule has 0 spiro atoms. The van der Waals surface area contributed by atoms with Gasteiger partial charge >= 0.3 is 0 Å². The van der Waals surface area contributed by atoms with E-state index in [9.17, 15) is 9.18 Å². The van der Waals surface area contributed by atoms with Gasteiger partial charge in [0.2, 0.25) is 17.6 Å². The lowest BCUT2D eigenvalue weighted by Gasteiger charge is -2.36. The van der Waals surface area contributed by atoms with Gasteiger partial charge in [-0.25, -0.2) is 4.39 Å². The lowest BCUT2D eigenvalue weighted by Crippen LogP contribution is -2.55. The highest BCUT2D eigenvalue weighted by Crippen LogP contribution is 2.33. The van der Waals surface area contributed by atoms with E-state index in [1.807, 2.05) is 4.90 Å². The van der Waals surface area contributed by atoms with Crippen molar-refractivity contribution in [1.82, 2.24) is 15.0 Å². The van der Waals surface area contributed by atoms with Crippen molar-refractivity contribution in [3.05, 3.63) is 36.0 Å². The molecular formula is C19H24ClFN4O2. The Balaban J connectivity index is 0.00000210. The largest absolute Gasteiger partial charge is 0.340 e. The van der Waals surface area contributed by atoms with E-state index in [4.69, 9.17) is 10.3 Å². The third-order valence-corrected chi connectivity index (χ3v) is 5.52. The van der Waals surface area contributed by atoms with Crippen molar-refractivity contribution in [3.8, 4) is 11.4 Å². The van der Waals surface area contributed by atoms with Crippen LogP contribution in [-0.2, 0) is 4.79 Å². The summed E-state index contributed by atoms with van der Waals surface area (Å²) < 4.78 is 18.5. The van der Waals surface area contributed by atoms with Gasteiger partial charge in [-0.2, -0.15) is 4.98 Å². The van der Waals surface area contributed by atoms with Crippen LogP contribution in [0, 0.1) is 5.82 Å². The van der Waals surface area contributed by atoms with Crippen LogP contribution in [0.5, 0.6) is 0 Å². The van der Waals surface area contributed by atoms with E-state index in [2.05, 4.69) is 10.1 Å². The Morgan fingerprint density at radius 2 is 1.93 bits per heavy atom. The maximum atomic E-state index is 13.1. The molecule has 2 fully saturated rings. The van der Waals surface area contributed by atoms with E-state index in [1.54, 1.807) is 12.1 Å². The third-order valence-electron chi connectivity index (χ3n) is 5.52. The van der Waals surface area contributed by atoms with Gasteiger partial charge in [-0.15, -0.1) is 12.4 Å². The topological polar surface area (TPSA) is 85.3 Å². The molecule has 1 unspecified atom stereocenters. The fourth-order valence-corrected chi connectivity index (χ4v) is 4.02. The normalized spacial score (nSPS) is 21.7. The maximum Gasteiger partial charge on any atom is 0.242 e. The summed E-state index contributed by atoms with van der Waals surface area (Å²) in [6.45, 7) is 1.29. The fraction of sp³-hybridized carbons (Fsp3) is 0.526. The Morgan fingerprint density at radius 3 is 2.63 bits per heavy atom. The zero-order valence-electron chi connectivity index (χ0n) is 15.1. The van der Waals surface area contributed by atoms with Crippen LogP contribution >= 0.6 is 12.4 Å². The molecule has 1 aliphatic heterocycles. The average molecular weight is 395 g/mol. The second kappa shape index (κ2) is 7.94. The monoisotopic (exact) mass is 394 g/mol. The number of amides is 1. The lowest BCUT2D eigenvalue weighted by molar-refractivity contribution is -0.138. The SMILES string of the molecule is Cl.NC1(C(=O)N2CCCC(c3nc(-c4ccc(F)cc4)no3)C2)CCCC1. The molecule has 4 rings (SSSR count). The van der Waals surface area contributed by atoms with E-state index in [0.29, 0.717) is 23.8 Å². The fourth-order valence-electron chi connectivity index (χ4n) is 4.02. The van der Waals surface area contributed by atoms with E-state index in [0.717, 1.165) is 45.1 Å². The first-order valence-corrected chi connectivity index (χ1v) is 9.23. The molecule has 1 amide bonds. The van der Waals surface area contributed by atoms with Crippen LogP contribution in [-0.4, -0.2) is 39.6 Å². The Hall–Kier alpha value is -1.99. The molecule has 8 heteroatoms. The molecule has 2 heterocycles. The van der Waals surface area contributed by atoms with Crippen LogP contribution in [0.3, 0.4) is 0 Å². The molecule has 1 aromatic carbocycles.